The predicted molar refractivity (Wildman–Crippen MR) is 80.7 cm³/mol. The van der Waals surface area contributed by atoms with Crippen LogP contribution in [0.5, 0.6) is 0 Å². The quantitative estimate of drug-likeness (QED) is 0.779. The molecule has 0 radical (unpaired) electrons. The Balaban J connectivity index is 2.12. The number of primary amides is 1. The number of rotatable bonds is 5. The Labute approximate surface area is 126 Å². The summed E-state index contributed by atoms with van der Waals surface area (Å²) in [6.07, 6.45) is -0.0801. The number of nitrogens with one attached hydrogen (secondary N) is 1. The number of carboxylic acid groups (broad SMARTS) is 1. The molecule has 0 unspecified atom stereocenters. The van der Waals surface area contributed by atoms with E-state index in [1.165, 1.54) is 18.2 Å². The number of carboxylic acids is 1. The third kappa shape index (κ3) is 3.69. The number of carbonyl (C=O) groups excluding carboxylic acids is 2. The minimum Gasteiger partial charge on any atom is -0.478 e. The zero-order valence-corrected chi connectivity index (χ0v) is 11.6. The molecular weight excluding hydrogens is 284 g/mol. The van der Waals surface area contributed by atoms with Crippen LogP contribution < -0.4 is 11.1 Å². The highest BCUT2D eigenvalue weighted by Gasteiger charge is 2.13. The molecule has 0 aliphatic rings. The predicted octanol–water partition coefficient (Wildman–Crippen LogP) is 1.66. The maximum Gasteiger partial charge on any atom is 0.335 e. The second-order valence-corrected chi connectivity index (χ2v) is 4.63. The van der Waals surface area contributed by atoms with Gasteiger partial charge in [-0.1, -0.05) is 24.3 Å². The molecule has 112 valence electrons. The second kappa shape index (κ2) is 6.53. The molecule has 0 aliphatic carbocycles. The first-order chi connectivity index (χ1) is 10.5. The fraction of sp³-hybridized carbons (Fsp3) is 0.0625. The molecule has 2 aromatic rings. The van der Waals surface area contributed by atoms with Gasteiger partial charge in [0.1, 0.15) is 0 Å². The molecule has 2 rings (SSSR count). The normalized spacial score (nSPS) is 10.0. The van der Waals surface area contributed by atoms with Gasteiger partial charge in [0, 0.05) is 11.3 Å². The van der Waals surface area contributed by atoms with Crippen LogP contribution in [-0.4, -0.2) is 22.9 Å². The Hall–Kier alpha value is -3.15. The van der Waals surface area contributed by atoms with Crippen LogP contribution in [0.1, 0.15) is 26.3 Å². The van der Waals surface area contributed by atoms with E-state index in [0.29, 0.717) is 11.3 Å². The number of hydrogen-bond donors (Lipinski definition) is 3. The zero-order valence-electron chi connectivity index (χ0n) is 11.6. The topological polar surface area (TPSA) is 109 Å². The summed E-state index contributed by atoms with van der Waals surface area (Å²) in [5.74, 6) is -2.05. The van der Waals surface area contributed by atoms with Crippen LogP contribution in [0.4, 0.5) is 5.69 Å². The third-order valence-electron chi connectivity index (χ3n) is 3.03. The summed E-state index contributed by atoms with van der Waals surface area (Å²) in [5, 5.41) is 11.7. The maximum atomic E-state index is 12.0. The van der Waals surface area contributed by atoms with E-state index in [-0.39, 0.29) is 23.5 Å². The monoisotopic (exact) mass is 298 g/mol. The number of amides is 2. The van der Waals surface area contributed by atoms with Gasteiger partial charge in [0.15, 0.2) is 0 Å². The highest BCUT2D eigenvalue weighted by Crippen LogP contribution is 2.13. The van der Waals surface area contributed by atoms with Gasteiger partial charge in [-0.3, -0.25) is 9.59 Å². The summed E-state index contributed by atoms with van der Waals surface area (Å²) in [5.41, 5.74) is 6.38. The van der Waals surface area contributed by atoms with Crippen molar-refractivity contribution in [2.45, 2.75) is 6.42 Å². The van der Waals surface area contributed by atoms with Crippen LogP contribution in [0.15, 0.2) is 48.5 Å². The molecule has 0 saturated carbocycles. The zero-order chi connectivity index (χ0) is 16.1. The van der Waals surface area contributed by atoms with Crippen LogP contribution >= 0.6 is 0 Å². The fourth-order valence-electron chi connectivity index (χ4n) is 2.01. The lowest BCUT2D eigenvalue weighted by Crippen LogP contribution is -2.17. The summed E-state index contributed by atoms with van der Waals surface area (Å²) < 4.78 is 0. The molecule has 0 spiro atoms. The summed E-state index contributed by atoms with van der Waals surface area (Å²) in [6, 6.07) is 12.5. The Kier molecular flexibility index (Phi) is 4.53. The molecule has 6 nitrogen and oxygen atoms in total. The van der Waals surface area contributed by atoms with Gasteiger partial charge in [-0.15, -0.1) is 0 Å². The lowest BCUT2D eigenvalue weighted by atomic mass is 10.0. The van der Waals surface area contributed by atoms with Gasteiger partial charge in [0.2, 0.25) is 11.8 Å². The molecule has 6 heteroatoms. The van der Waals surface area contributed by atoms with Crippen molar-refractivity contribution in [1.82, 2.24) is 0 Å². The summed E-state index contributed by atoms with van der Waals surface area (Å²) in [4.78, 5) is 34.2. The first-order valence-corrected chi connectivity index (χ1v) is 6.48. The first-order valence-electron chi connectivity index (χ1n) is 6.48. The van der Waals surface area contributed by atoms with Gasteiger partial charge in [-0.2, -0.15) is 0 Å². The number of benzene rings is 2. The second-order valence-electron chi connectivity index (χ2n) is 4.63. The van der Waals surface area contributed by atoms with Crippen molar-refractivity contribution in [2.75, 3.05) is 5.32 Å². The van der Waals surface area contributed by atoms with Crippen molar-refractivity contribution in [3.63, 3.8) is 0 Å². The van der Waals surface area contributed by atoms with Crippen molar-refractivity contribution in [3.05, 3.63) is 65.2 Å². The first kappa shape index (κ1) is 15.2. The average molecular weight is 298 g/mol. The van der Waals surface area contributed by atoms with Crippen LogP contribution in [0, 0.1) is 0 Å². The lowest BCUT2D eigenvalue weighted by Gasteiger charge is -2.08. The maximum absolute atomic E-state index is 12.0. The Morgan fingerprint density at radius 3 is 2.45 bits per heavy atom. The summed E-state index contributed by atoms with van der Waals surface area (Å²) in [7, 11) is 0. The fourth-order valence-corrected chi connectivity index (χ4v) is 2.01. The van der Waals surface area contributed by atoms with Gasteiger partial charge in [-0.25, -0.2) is 4.79 Å². The SMILES string of the molecule is NC(=O)c1cccc(NC(=O)Cc2ccccc2C(=O)O)c1. The number of nitrogens with two attached hydrogens (primary N) is 1. The molecule has 0 saturated heterocycles. The standard InChI is InChI=1S/C16H14N2O4/c17-15(20)11-5-3-6-12(8-11)18-14(19)9-10-4-1-2-7-13(10)16(21)22/h1-8H,9H2,(H2,17,20)(H,18,19)(H,21,22). The number of carbonyl (C=O) groups is 3. The molecule has 22 heavy (non-hydrogen) atoms. The molecule has 0 aromatic heterocycles. The van der Waals surface area contributed by atoms with Crippen LogP contribution in [0.3, 0.4) is 0 Å². The highest BCUT2D eigenvalue weighted by atomic mass is 16.4. The van der Waals surface area contributed by atoms with E-state index in [0.717, 1.165) is 0 Å². The molecule has 0 heterocycles. The molecule has 4 N–H and O–H groups in total. The van der Waals surface area contributed by atoms with Crippen molar-refractivity contribution in [3.8, 4) is 0 Å². The van der Waals surface area contributed by atoms with Crippen LogP contribution in [0.25, 0.3) is 0 Å². The van der Waals surface area contributed by atoms with Crippen molar-refractivity contribution in [2.24, 2.45) is 5.73 Å². The third-order valence-corrected chi connectivity index (χ3v) is 3.03. The van der Waals surface area contributed by atoms with Crippen molar-refractivity contribution in [1.29, 1.82) is 0 Å². The molecular formula is C16H14N2O4. The van der Waals surface area contributed by atoms with Gasteiger partial charge in [-0.05, 0) is 29.8 Å². The minimum absolute atomic E-state index is 0.0801. The van der Waals surface area contributed by atoms with Crippen molar-refractivity contribution >= 4 is 23.5 Å². The van der Waals surface area contributed by atoms with Gasteiger partial charge < -0.3 is 16.2 Å². The molecule has 2 aromatic carbocycles. The van der Waals surface area contributed by atoms with Crippen molar-refractivity contribution < 1.29 is 19.5 Å². The van der Waals surface area contributed by atoms with E-state index < -0.39 is 11.9 Å². The smallest absolute Gasteiger partial charge is 0.335 e. The van der Waals surface area contributed by atoms with E-state index >= 15 is 0 Å². The largest absolute Gasteiger partial charge is 0.478 e. The van der Waals surface area contributed by atoms with Crippen LogP contribution in [0.2, 0.25) is 0 Å². The van der Waals surface area contributed by atoms with Crippen LogP contribution in [-0.2, 0) is 11.2 Å². The van der Waals surface area contributed by atoms with Gasteiger partial charge >= 0.3 is 5.97 Å². The molecule has 2 amide bonds. The summed E-state index contributed by atoms with van der Waals surface area (Å²) >= 11 is 0. The molecule has 0 bridgehead atoms. The number of hydrogen-bond acceptors (Lipinski definition) is 3. The number of anilines is 1. The minimum atomic E-state index is -1.08. The average Bonchev–Trinajstić information content (AvgIpc) is 2.47. The van der Waals surface area contributed by atoms with E-state index in [2.05, 4.69) is 5.32 Å². The Morgan fingerprint density at radius 2 is 1.77 bits per heavy atom. The van der Waals surface area contributed by atoms with E-state index in [9.17, 15) is 14.4 Å². The summed E-state index contributed by atoms with van der Waals surface area (Å²) in [6.45, 7) is 0. The Bertz CT molecular complexity index is 740. The molecule has 0 atom stereocenters. The van der Waals surface area contributed by atoms with Gasteiger partial charge in [0.25, 0.3) is 0 Å². The molecule has 0 fully saturated rings. The van der Waals surface area contributed by atoms with E-state index in [1.807, 2.05) is 0 Å². The number of aromatic carboxylic acids is 1. The van der Waals surface area contributed by atoms with E-state index in [1.54, 1.807) is 30.3 Å². The molecule has 0 aliphatic heterocycles. The van der Waals surface area contributed by atoms with Gasteiger partial charge in [0.05, 0.1) is 12.0 Å². The Morgan fingerprint density at radius 1 is 1.05 bits per heavy atom. The lowest BCUT2D eigenvalue weighted by molar-refractivity contribution is -0.115. The van der Waals surface area contributed by atoms with E-state index in [4.69, 9.17) is 10.8 Å². The highest BCUT2D eigenvalue weighted by molar-refractivity contribution is 5.98.